The van der Waals surface area contributed by atoms with Gasteiger partial charge in [-0.25, -0.2) is 18.6 Å². The molecule has 1 aliphatic carbocycles. The summed E-state index contributed by atoms with van der Waals surface area (Å²) >= 11 is 0. The topological polar surface area (TPSA) is 118 Å². The first-order chi connectivity index (χ1) is 17.8. The lowest BCUT2D eigenvalue weighted by atomic mass is 10.0. The number of carbonyl (C=O) groups is 3. The van der Waals surface area contributed by atoms with Crippen molar-refractivity contribution < 1.29 is 27.9 Å². The summed E-state index contributed by atoms with van der Waals surface area (Å²) < 4.78 is 34.4. The predicted molar refractivity (Wildman–Crippen MR) is 130 cm³/mol. The SMILES string of the molecule is NC(=O)C1(C(=O)N(c2ccc(F)cc2)c2ccc(Oc3ccnc(NC(=O)N4CCC4)c3)c(F)c2)CC1. The molecule has 0 bridgehead atoms. The Balaban J connectivity index is 1.40. The Morgan fingerprint density at radius 3 is 2.30 bits per heavy atom. The maximum Gasteiger partial charge on any atom is 0.323 e. The molecule has 1 saturated carbocycles. The monoisotopic (exact) mass is 507 g/mol. The number of urea groups is 1. The van der Waals surface area contributed by atoms with Crippen molar-refractivity contribution >= 4 is 35.0 Å². The summed E-state index contributed by atoms with van der Waals surface area (Å²) in [5, 5.41) is 2.67. The molecule has 0 spiro atoms. The van der Waals surface area contributed by atoms with Crippen LogP contribution in [0.4, 0.5) is 30.8 Å². The number of benzene rings is 2. The Hall–Kier alpha value is -4.54. The van der Waals surface area contributed by atoms with Crippen LogP contribution in [0.25, 0.3) is 0 Å². The van der Waals surface area contributed by atoms with Gasteiger partial charge >= 0.3 is 6.03 Å². The number of hydrogen-bond acceptors (Lipinski definition) is 5. The third-order valence-electron chi connectivity index (χ3n) is 6.43. The first-order valence-electron chi connectivity index (χ1n) is 11.7. The van der Waals surface area contributed by atoms with Crippen LogP contribution in [-0.4, -0.2) is 40.8 Å². The van der Waals surface area contributed by atoms with Crippen molar-refractivity contribution in [2.24, 2.45) is 11.1 Å². The predicted octanol–water partition coefficient (Wildman–Crippen LogP) is 4.32. The van der Waals surface area contributed by atoms with Crippen molar-refractivity contribution in [2.45, 2.75) is 19.3 Å². The minimum atomic E-state index is -1.38. The zero-order chi connectivity index (χ0) is 26.2. The van der Waals surface area contributed by atoms with Crippen LogP contribution >= 0.6 is 0 Å². The molecule has 2 heterocycles. The van der Waals surface area contributed by atoms with Gasteiger partial charge in [0, 0.05) is 37.1 Å². The van der Waals surface area contributed by atoms with Crippen LogP contribution in [0.5, 0.6) is 11.5 Å². The smallest absolute Gasteiger partial charge is 0.323 e. The molecule has 1 saturated heterocycles. The second kappa shape index (κ2) is 9.49. The highest BCUT2D eigenvalue weighted by Gasteiger charge is 2.57. The molecule has 9 nitrogen and oxygen atoms in total. The number of nitrogens with two attached hydrogens (primary N) is 1. The van der Waals surface area contributed by atoms with E-state index in [4.69, 9.17) is 10.5 Å². The van der Waals surface area contributed by atoms with Crippen molar-refractivity contribution in [1.29, 1.82) is 0 Å². The van der Waals surface area contributed by atoms with Gasteiger partial charge in [0.15, 0.2) is 11.6 Å². The number of primary amides is 1. The van der Waals surface area contributed by atoms with Gasteiger partial charge in [-0.2, -0.15) is 0 Å². The van der Waals surface area contributed by atoms with Crippen molar-refractivity contribution in [2.75, 3.05) is 23.3 Å². The molecule has 1 aromatic heterocycles. The number of pyridine rings is 1. The number of hydrogen-bond donors (Lipinski definition) is 2. The third kappa shape index (κ3) is 4.80. The van der Waals surface area contributed by atoms with E-state index >= 15 is 4.39 Å². The number of nitrogens with one attached hydrogen (secondary N) is 1. The van der Waals surface area contributed by atoms with Crippen LogP contribution in [0.3, 0.4) is 0 Å². The van der Waals surface area contributed by atoms with Gasteiger partial charge in [0.25, 0.3) is 0 Å². The molecule has 2 fully saturated rings. The summed E-state index contributed by atoms with van der Waals surface area (Å²) in [5.41, 5.74) is 4.48. The molecule has 2 aromatic carbocycles. The van der Waals surface area contributed by atoms with Gasteiger partial charge < -0.3 is 15.4 Å². The van der Waals surface area contributed by atoms with E-state index in [0.29, 0.717) is 13.1 Å². The molecular formula is C26H23F2N5O4. The first-order valence-corrected chi connectivity index (χ1v) is 11.7. The minimum absolute atomic E-state index is 0.117. The normalized spacial score (nSPS) is 15.4. The molecule has 1 aliphatic heterocycles. The van der Waals surface area contributed by atoms with Crippen LogP contribution < -0.4 is 20.7 Å². The number of ether oxygens (including phenoxy) is 1. The number of carbonyl (C=O) groups excluding carboxylic acids is 3. The average molecular weight is 507 g/mol. The summed E-state index contributed by atoms with van der Waals surface area (Å²) in [4.78, 5) is 44.4. The second-order valence-electron chi connectivity index (χ2n) is 8.93. The molecule has 0 atom stereocenters. The van der Waals surface area contributed by atoms with E-state index < -0.39 is 28.9 Å². The summed E-state index contributed by atoms with van der Waals surface area (Å²) in [6.45, 7) is 1.36. The lowest BCUT2D eigenvalue weighted by Crippen LogP contribution is -2.44. The Labute approximate surface area is 210 Å². The molecule has 4 amide bonds. The average Bonchev–Trinajstić information content (AvgIpc) is 3.64. The molecule has 5 rings (SSSR count). The molecule has 0 radical (unpaired) electrons. The van der Waals surface area contributed by atoms with Gasteiger partial charge in [-0.05, 0) is 61.7 Å². The molecular weight excluding hydrogens is 484 g/mol. The lowest BCUT2D eigenvalue weighted by molar-refractivity contribution is -0.133. The number of nitrogens with zero attached hydrogens (tertiary/aromatic N) is 3. The van der Waals surface area contributed by atoms with Crippen LogP contribution in [0.1, 0.15) is 19.3 Å². The molecule has 2 aliphatic rings. The van der Waals surface area contributed by atoms with E-state index in [0.717, 1.165) is 29.5 Å². The van der Waals surface area contributed by atoms with E-state index in [-0.39, 0.29) is 47.6 Å². The fourth-order valence-electron chi connectivity index (χ4n) is 3.97. The van der Waals surface area contributed by atoms with Gasteiger partial charge in [0.05, 0.1) is 5.69 Å². The number of likely N-dealkylation sites (tertiary alicyclic amines) is 1. The zero-order valence-corrected chi connectivity index (χ0v) is 19.6. The molecule has 3 N–H and O–H groups in total. The summed E-state index contributed by atoms with van der Waals surface area (Å²) in [6.07, 6.45) is 2.93. The number of rotatable bonds is 7. The highest BCUT2D eigenvalue weighted by molar-refractivity contribution is 6.16. The number of amides is 4. The number of aromatic nitrogens is 1. The van der Waals surface area contributed by atoms with Crippen LogP contribution in [0, 0.1) is 17.0 Å². The minimum Gasteiger partial charge on any atom is -0.454 e. The van der Waals surface area contributed by atoms with Gasteiger partial charge in [-0.15, -0.1) is 0 Å². The first kappa shape index (κ1) is 24.2. The fourth-order valence-corrected chi connectivity index (χ4v) is 3.97. The third-order valence-corrected chi connectivity index (χ3v) is 6.43. The van der Waals surface area contributed by atoms with Crippen LogP contribution in [0.15, 0.2) is 60.8 Å². The van der Waals surface area contributed by atoms with E-state index in [2.05, 4.69) is 10.3 Å². The Morgan fingerprint density at radius 2 is 1.70 bits per heavy atom. The van der Waals surface area contributed by atoms with E-state index in [1.807, 2.05) is 0 Å². The van der Waals surface area contributed by atoms with Gasteiger partial charge in [-0.1, -0.05) is 0 Å². The maximum atomic E-state index is 15.2. The van der Waals surface area contributed by atoms with Crippen molar-refractivity contribution in [3.63, 3.8) is 0 Å². The van der Waals surface area contributed by atoms with Crippen molar-refractivity contribution in [1.82, 2.24) is 9.88 Å². The largest absolute Gasteiger partial charge is 0.454 e. The fraction of sp³-hybridized carbons (Fsp3) is 0.231. The Morgan fingerprint density at radius 1 is 1.00 bits per heavy atom. The highest BCUT2D eigenvalue weighted by Crippen LogP contribution is 2.49. The number of halogens is 2. The second-order valence-corrected chi connectivity index (χ2v) is 8.93. The number of anilines is 3. The summed E-state index contributed by atoms with van der Waals surface area (Å²) in [5.74, 6) is -2.34. The van der Waals surface area contributed by atoms with Crippen molar-refractivity contribution in [3.8, 4) is 11.5 Å². The molecule has 37 heavy (non-hydrogen) atoms. The van der Waals surface area contributed by atoms with Gasteiger partial charge in [-0.3, -0.25) is 19.8 Å². The van der Waals surface area contributed by atoms with E-state index in [1.165, 1.54) is 42.6 Å². The van der Waals surface area contributed by atoms with Gasteiger partial charge in [0.2, 0.25) is 11.8 Å². The zero-order valence-electron chi connectivity index (χ0n) is 19.6. The molecule has 11 heteroatoms. The summed E-state index contributed by atoms with van der Waals surface area (Å²) in [7, 11) is 0. The Kier molecular flexibility index (Phi) is 6.20. The van der Waals surface area contributed by atoms with Crippen LogP contribution in [-0.2, 0) is 9.59 Å². The molecule has 3 aromatic rings. The van der Waals surface area contributed by atoms with Crippen molar-refractivity contribution in [3.05, 3.63) is 72.4 Å². The highest BCUT2D eigenvalue weighted by atomic mass is 19.1. The maximum absolute atomic E-state index is 15.2. The Bertz CT molecular complexity index is 1370. The quantitative estimate of drug-likeness (QED) is 0.462. The molecule has 190 valence electrons. The van der Waals surface area contributed by atoms with Gasteiger partial charge in [0.1, 0.15) is 22.8 Å². The van der Waals surface area contributed by atoms with Crippen LogP contribution in [0.2, 0.25) is 0 Å². The molecule has 0 unspecified atom stereocenters. The summed E-state index contributed by atoms with van der Waals surface area (Å²) in [6, 6.07) is 11.6. The lowest BCUT2D eigenvalue weighted by Gasteiger charge is -2.30. The van der Waals surface area contributed by atoms with E-state index in [9.17, 15) is 18.8 Å². The van der Waals surface area contributed by atoms with E-state index in [1.54, 1.807) is 4.90 Å². The standard InChI is InChI=1S/C26H23F2N5O4/c27-16-2-4-17(5-3-16)33(24(35)26(9-10-26)23(29)34)18-6-7-21(20(28)14-18)37-19-8-11-30-22(15-19)31-25(36)32-12-1-13-32/h2-8,11,14-15H,1,9-10,12-13H2,(H2,29,34)(H,30,31,36).